The van der Waals surface area contributed by atoms with Crippen LogP contribution in [0.4, 0.5) is 0 Å². The lowest BCUT2D eigenvalue weighted by Gasteiger charge is -2.04. The molecule has 2 N–H and O–H groups in total. The van der Waals surface area contributed by atoms with E-state index < -0.39 is 0 Å². The molecule has 2 aromatic heterocycles. The molecule has 0 saturated heterocycles. The van der Waals surface area contributed by atoms with E-state index in [0.717, 1.165) is 30.4 Å². The highest BCUT2D eigenvalue weighted by Crippen LogP contribution is 2.29. The largest absolute Gasteiger partial charge is 0.351 e. The molecule has 2 aromatic rings. The molecule has 0 spiro atoms. The average molecular weight is 280 g/mol. The fraction of sp³-hybridized carbons (Fsp3) is 0.462. The van der Waals surface area contributed by atoms with Gasteiger partial charge in [-0.25, -0.2) is 0 Å². The Morgan fingerprint density at radius 2 is 2.22 bits per heavy atom. The Balaban J connectivity index is 1.44. The molecular formula is C13H16N2OS2. The Kier molecular flexibility index (Phi) is 3.63. The third-order valence-electron chi connectivity index (χ3n) is 3.01. The summed E-state index contributed by atoms with van der Waals surface area (Å²) in [4.78, 5) is 12.7. The summed E-state index contributed by atoms with van der Waals surface area (Å²) in [6, 6.07) is 4.81. The number of rotatable bonds is 6. The molecule has 1 fully saturated rings. The zero-order valence-corrected chi connectivity index (χ0v) is 11.7. The van der Waals surface area contributed by atoms with Crippen molar-refractivity contribution in [3.05, 3.63) is 22.4 Å². The van der Waals surface area contributed by atoms with E-state index in [9.17, 15) is 4.79 Å². The Hall–Kier alpha value is -0.910. The Morgan fingerprint density at radius 1 is 1.33 bits per heavy atom. The van der Waals surface area contributed by atoms with Crippen molar-refractivity contribution >= 4 is 38.0 Å². The summed E-state index contributed by atoms with van der Waals surface area (Å²) in [7, 11) is 0. The molecule has 5 heteroatoms. The van der Waals surface area contributed by atoms with Gasteiger partial charge in [0.05, 0.1) is 4.88 Å². The van der Waals surface area contributed by atoms with Gasteiger partial charge < -0.3 is 10.6 Å². The van der Waals surface area contributed by atoms with E-state index in [2.05, 4.69) is 22.1 Å². The van der Waals surface area contributed by atoms with E-state index in [-0.39, 0.29) is 5.91 Å². The van der Waals surface area contributed by atoms with Crippen LogP contribution in [0.15, 0.2) is 17.5 Å². The van der Waals surface area contributed by atoms with E-state index >= 15 is 0 Å². The van der Waals surface area contributed by atoms with Crippen LogP contribution in [-0.2, 0) is 0 Å². The lowest BCUT2D eigenvalue weighted by Crippen LogP contribution is -2.27. The summed E-state index contributed by atoms with van der Waals surface area (Å²) >= 11 is 3.26. The second kappa shape index (κ2) is 5.38. The molecule has 2 heterocycles. The maximum atomic E-state index is 11.9. The molecule has 1 saturated carbocycles. The highest BCUT2D eigenvalue weighted by molar-refractivity contribution is 7.27. The van der Waals surface area contributed by atoms with Gasteiger partial charge in [-0.3, -0.25) is 4.79 Å². The van der Waals surface area contributed by atoms with Crippen molar-refractivity contribution in [2.24, 2.45) is 0 Å². The van der Waals surface area contributed by atoms with Crippen molar-refractivity contribution in [3.8, 4) is 0 Å². The van der Waals surface area contributed by atoms with Crippen LogP contribution in [-0.4, -0.2) is 25.0 Å². The minimum atomic E-state index is 0.0646. The van der Waals surface area contributed by atoms with Crippen LogP contribution in [0, 0.1) is 0 Å². The molecule has 0 aromatic carbocycles. The average Bonchev–Trinajstić information content (AvgIpc) is 2.92. The summed E-state index contributed by atoms with van der Waals surface area (Å²) < 4.78 is 2.42. The number of hydrogen-bond donors (Lipinski definition) is 2. The minimum absolute atomic E-state index is 0.0646. The first kappa shape index (κ1) is 12.1. The zero-order chi connectivity index (χ0) is 12.4. The standard InChI is InChI=1S/C13H16N2OS2/c16-13(15-6-1-5-14-9-2-3-9)12-8-11-10(18-12)4-7-17-11/h4,7-9,14H,1-3,5-6H2,(H,15,16). The zero-order valence-electron chi connectivity index (χ0n) is 10.1. The number of amides is 1. The van der Waals surface area contributed by atoms with Gasteiger partial charge in [0, 0.05) is 22.0 Å². The van der Waals surface area contributed by atoms with E-state index in [1.54, 1.807) is 22.7 Å². The van der Waals surface area contributed by atoms with Crippen LogP contribution in [0.25, 0.3) is 9.40 Å². The van der Waals surface area contributed by atoms with Gasteiger partial charge in [0.25, 0.3) is 5.91 Å². The normalized spacial score (nSPS) is 15.1. The third kappa shape index (κ3) is 2.91. The van der Waals surface area contributed by atoms with Crippen LogP contribution in [0.1, 0.15) is 28.9 Å². The fourth-order valence-corrected chi connectivity index (χ4v) is 3.87. The van der Waals surface area contributed by atoms with Gasteiger partial charge in [-0.15, -0.1) is 22.7 Å². The van der Waals surface area contributed by atoms with Crippen LogP contribution in [0.3, 0.4) is 0 Å². The van der Waals surface area contributed by atoms with E-state index in [0.29, 0.717) is 0 Å². The highest BCUT2D eigenvalue weighted by Gasteiger charge is 2.19. The predicted octanol–water partition coefficient (Wildman–Crippen LogP) is 2.83. The first-order valence-electron chi connectivity index (χ1n) is 6.31. The van der Waals surface area contributed by atoms with Crippen molar-refractivity contribution in [1.29, 1.82) is 0 Å². The topological polar surface area (TPSA) is 41.1 Å². The van der Waals surface area contributed by atoms with Crippen molar-refractivity contribution in [2.45, 2.75) is 25.3 Å². The maximum absolute atomic E-state index is 11.9. The molecule has 0 unspecified atom stereocenters. The molecule has 0 aliphatic heterocycles. The van der Waals surface area contributed by atoms with Gasteiger partial charge in [-0.05, 0) is 43.3 Å². The molecule has 3 nitrogen and oxygen atoms in total. The first-order chi connectivity index (χ1) is 8.83. The number of carbonyl (C=O) groups excluding carboxylic acids is 1. The predicted molar refractivity (Wildman–Crippen MR) is 77.7 cm³/mol. The third-order valence-corrected chi connectivity index (χ3v) is 5.10. The van der Waals surface area contributed by atoms with Crippen LogP contribution in [0.2, 0.25) is 0 Å². The fourth-order valence-electron chi connectivity index (χ4n) is 1.85. The van der Waals surface area contributed by atoms with Gasteiger partial charge in [0.15, 0.2) is 0 Å². The number of fused-ring (bicyclic) bond motifs is 1. The van der Waals surface area contributed by atoms with Crippen molar-refractivity contribution in [1.82, 2.24) is 10.6 Å². The SMILES string of the molecule is O=C(NCCCNC1CC1)c1cc2sccc2s1. The Labute approximate surface area is 114 Å². The van der Waals surface area contributed by atoms with Gasteiger partial charge >= 0.3 is 0 Å². The van der Waals surface area contributed by atoms with Crippen LogP contribution < -0.4 is 10.6 Å². The highest BCUT2D eigenvalue weighted by atomic mass is 32.1. The molecule has 0 bridgehead atoms. The molecule has 0 radical (unpaired) electrons. The van der Waals surface area contributed by atoms with E-state index in [1.807, 2.05) is 6.07 Å². The molecule has 0 atom stereocenters. The number of thiophene rings is 2. The summed E-state index contributed by atoms with van der Waals surface area (Å²) in [6.07, 6.45) is 3.64. The minimum Gasteiger partial charge on any atom is -0.351 e. The smallest absolute Gasteiger partial charge is 0.261 e. The van der Waals surface area contributed by atoms with Gasteiger partial charge in [-0.1, -0.05) is 0 Å². The monoisotopic (exact) mass is 280 g/mol. The summed E-state index contributed by atoms with van der Waals surface area (Å²) in [5.74, 6) is 0.0646. The van der Waals surface area contributed by atoms with Crippen molar-refractivity contribution in [3.63, 3.8) is 0 Å². The molecule has 18 heavy (non-hydrogen) atoms. The lowest BCUT2D eigenvalue weighted by molar-refractivity contribution is 0.0957. The molecule has 1 aliphatic rings. The molecule has 1 aliphatic carbocycles. The first-order valence-corrected chi connectivity index (χ1v) is 8.01. The molecule has 3 rings (SSSR count). The van der Waals surface area contributed by atoms with E-state index in [4.69, 9.17) is 0 Å². The number of nitrogens with one attached hydrogen (secondary N) is 2. The lowest BCUT2D eigenvalue weighted by atomic mass is 10.4. The van der Waals surface area contributed by atoms with Gasteiger partial charge in [0.1, 0.15) is 0 Å². The molecule has 96 valence electrons. The second-order valence-electron chi connectivity index (χ2n) is 4.60. The maximum Gasteiger partial charge on any atom is 0.261 e. The van der Waals surface area contributed by atoms with E-state index in [1.165, 1.54) is 22.2 Å². The quantitative estimate of drug-likeness (QED) is 0.799. The summed E-state index contributed by atoms with van der Waals surface area (Å²) in [6.45, 7) is 1.76. The van der Waals surface area contributed by atoms with Crippen molar-refractivity contribution < 1.29 is 4.79 Å². The summed E-state index contributed by atoms with van der Waals surface area (Å²) in [5.41, 5.74) is 0. The second-order valence-corrected chi connectivity index (χ2v) is 6.63. The molecular weight excluding hydrogens is 264 g/mol. The van der Waals surface area contributed by atoms with Crippen molar-refractivity contribution in [2.75, 3.05) is 13.1 Å². The van der Waals surface area contributed by atoms with Gasteiger partial charge in [0.2, 0.25) is 0 Å². The van der Waals surface area contributed by atoms with Crippen LogP contribution >= 0.6 is 22.7 Å². The number of carbonyl (C=O) groups is 1. The van der Waals surface area contributed by atoms with Crippen LogP contribution in [0.5, 0.6) is 0 Å². The Morgan fingerprint density at radius 3 is 3.00 bits per heavy atom. The Bertz CT molecular complexity index is 513. The number of hydrogen-bond acceptors (Lipinski definition) is 4. The van der Waals surface area contributed by atoms with Gasteiger partial charge in [-0.2, -0.15) is 0 Å². The molecule has 1 amide bonds. The summed E-state index contributed by atoms with van der Waals surface area (Å²) in [5, 5.41) is 8.48.